The number of hydrogen-bond acceptors (Lipinski definition) is 10. The molecular weight excluding hydrogens is 690 g/mol. The van der Waals surface area contributed by atoms with E-state index in [2.05, 4.69) is 31.1 Å². The second-order valence-corrected chi connectivity index (χ2v) is 14.5. The molecule has 0 saturated heterocycles. The van der Waals surface area contributed by atoms with Crippen LogP contribution in [0.2, 0.25) is 0 Å². The summed E-state index contributed by atoms with van der Waals surface area (Å²) in [5.74, 6) is -2.53. The van der Waals surface area contributed by atoms with Crippen molar-refractivity contribution in [1.29, 1.82) is 0 Å². The van der Waals surface area contributed by atoms with Gasteiger partial charge in [-0.2, -0.15) is 15.2 Å². The third kappa shape index (κ3) is 9.14. The summed E-state index contributed by atoms with van der Waals surface area (Å²) in [6.45, 7) is 7.95. The van der Waals surface area contributed by atoms with Crippen LogP contribution in [0.25, 0.3) is 11.8 Å². The summed E-state index contributed by atoms with van der Waals surface area (Å²) in [6.07, 6.45) is 3.75. The van der Waals surface area contributed by atoms with Crippen LogP contribution >= 0.6 is 0 Å². The van der Waals surface area contributed by atoms with Crippen LogP contribution < -0.4 is 16.0 Å². The lowest BCUT2D eigenvalue weighted by atomic mass is 9.92. The van der Waals surface area contributed by atoms with Gasteiger partial charge in [0, 0.05) is 78.7 Å². The van der Waals surface area contributed by atoms with Gasteiger partial charge < -0.3 is 20.4 Å². The fraction of sp³-hybridized carbons (Fsp3) is 0.514. The standard InChI is InChI=1S/C37H45F4N11O/c1-22-17-31(44-26-7-11-36(38,39)12-8-26)48-35(43-22)52-30(16-24(3)50-52)6-5-28-21-53-34(46-28)20-42-29-18-32(45-27-9-13-37(40,41)14-10-27)47-33(19-29)51-25(4)15-23(2)49-51/h15-19,21,26-27H,5-14,20H2,1-4H3,(H2,42,45,47)(H,43,44,48). The molecule has 2 aliphatic rings. The van der Waals surface area contributed by atoms with Crippen LogP contribution in [-0.2, 0) is 19.4 Å². The van der Waals surface area contributed by atoms with Crippen molar-refractivity contribution in [3.8, 4) is 11.8 Å². The number of aryl methyl sites for hydroxylation is 6. The number of aromatic nitrogens is 8. The molecule has 7 rings (SSSR count). The zero-order valence-electron chi connectivity index (χ0n) is 30.4. The van der Waals surface area contributed by atoms with E-state index < -0.39 is 11.8 Å². The van der Waals surface area contributed by atoms with Gasteiger partial charge in [-0.25, -0.2) is 41.9 Å². The van der Waals surface area contributed by atoms with E-state index in [9.17, 15) is 17.6 Å². The van der Waals surface area contributed by atoms with Crippen molar-refractivity contribution in [2.45, 2.75) is 122 Å². The largest absolute Gasteiger partial charge is 0.447 e. The summed E-state index contributed by atoms with van der Waals surface area (Å²) in [6, 6.07) is 9.34. The van der Waals surface area contributed by atoms with Gasteiger partial charge in [0.25, 0.3) is 5.95 Å². The zero-order valence-corrected chi connectivity index (χ0v) is 30.4. The van der Waals surface area contributed by atoms with Crippen molar-refractivity contribution < 1.29 is 22.0 Å². The summed E-state index contributed by atoms with van der Waals surface area (Å²) < 4.78 is 64.3. The molecule has 2 saturated carbocycles. The van der Waals surface area contributed by atoms with Gasteiger partial charge in [-0.15, -0.1) is 0 Å². The summed E-state index contributed by atoms with van der Waals surface area (Å²) in [4.78, 5) is 18.8. The van der Waals surface area contributed by atoms with Crippen LogP contribution in [0.15, 0.2) is 41.0 Å². The lowest BCUT2D eigenvalue weighted by Gasteiger charge is -2.29. The molecule has 0 aromatic carbocycles. The number of anilines is 3. The van der Waals surface area contributed by atoms with E-state index in [0.29, 0.717) is 74.4 Å². The SMILES string of the molecule is Cc1cc(NC2CCC(F)(F)CC2)nc(-n2nc(C)cc2CCc2coc(CNc3cc(NC4CCC(F)(F)CC4)nc(-n4nc(C)cc4C)c3)n2)n1. The molecule has 0 radical (unpaired) electrons. The predicted octanol–water partition coefficient (Wildman–Crippen LogP) is 7.84. The van der Waals surface area contributed by atoms with E-state index in [-0.39, 0.29) is 37.8 Å². The number of alkyl halides is 4. The van der Waals surface area contributed by atoms with Gasteiger partial charge in [0.05, 0.1) is 23.6 Å². The third-order valence-electron chi connectivity index (χ3n) is 9.79. The molecule has 16 heteroatoms. The number of nitrogens with zero attached hydrogens (tertiary/aromatic N) is 8. The minimum Gasteiger partial charge on any atom is -0.447 e. The normalized spacial score (nSPS) is 17.6. The number of halogens is 4. The van der Waals surface area contributed by atoms with Crippen LogP contribution in [0, 0.1) is 27.7 Å². The minimum atomic E-state index is -2.61. The number of oxazole rings is 1. The van der Waals surface area contributed by atoms with Gasteiger partial charge in [-0.05, 0) is 78.4 Å². The van der Waals surface area contributed by atoms with Crippen molar-refractivity contribution in [1.82, 2.24) is 39.5 Å². The summed E-state index contributed by atoms with van der Waals surface area (Å²) in [5.41, 5.74) is 5.74. The molecule has 282 valence electrons. The number of rotatable bonds is 12. The predicted molar refractivity (Wildman–Crippen MR) is 192 cm³/mol. The Morgan fingerprint density at radius 2 is 1.32 bits per heavy atom. The molecule has 0 aliphatic heterocycles. The van der Waals surface area contributed by atoms with Crippen molar-refractivity contribution in [3.05, 3.63) is 76.6 Å². The Morgan fingerprint density at radius 3 is 1.96 bits per heavy atom. The number of nitrogens with one attached hydrogen (secondary N) is 3. The lowest BCUT2D eigenvalue weighted by Crippen LogP contribution is -2.32. The molecule has 2 fully saturated rings. The van der Waals surface area contributed by atoms with E-state index >= 15 is 0 Å². The first-order valence-electron chi connectivity index (χ1n) is 18.2. The first-order chi connectivity index (χ1) is 25.3. The topological polar surface area (TPSA) is 136 Å². The molecule has 5 aromatic heterocycles. The van der Waals surface area contributed by atoms with Gasteiger partial charge >= 0.3 is 0 Å². The lowest BCUT2D eigenvalue weighted by molar-refractivity contribution is -0.0366. The molecule has 0 bridgehead atoms. The summed E-state index contributed by atoms with van der Waals surface area (Å²) >= 11 is 0. The van der Waals surface area contributed by atoms with E-state index in [4.69, 9.17) is 19.4 Å². The Labute approximate surface area is 305 Å². The minimum absolute atomic E-state index is 0.0736. The first-order valence-corrected chi connectivity index (χ1v) is 18.2. The number of hydrogen-bond donors (Lipinski definition) is 3. The van der Waals surface area contributed by atoms with Crippen LogP contribution in [0.1, 0.15) is 91.4 Å². The Balaban J connectivity index is 1.01. The van der Waals surface area contributed by atoms with Crippen LogP contribution in [0.5, 0.6) is 0 Å². The molecule has 5 aromatic rings. The average molecular weight is 736 g/mol. The fourth-order valence-electron chi connectivity index (χ4n) is 7.05. The quantitative estimate of drug-likeness (QED) is 0.109. The molecule has 0 unspecified atom stereocenters. The summed E-state index contributed by atoms with van der Waals surface area (Å²) in [5, 5.41) is 19.3. The third-order valence-corrected chi connectivity index (χ3v) is 9.79. The Hall–Kier alpha value is -5.02. The van der Waals surface area contributed by atoms with E-state index in [1.807, 2.05) is 58.0 Å². The van der Waals surface area contributed by atoms with Gasteiger partial charge in [0.15, 0.2) is 5.82 Å². The monoisotopic (exact) mass is 735 g/mol. The van der Waals surface area contributed by atoms with Crippen LogP contribution in [-0.4, -0.2) is 63.4 Å². The van der Waals surface area contributed by atoms with Gasteiger partial charge in [0.2, 0.25) is 17.7 Å². The molecule has 0 spiro atoms. The maximum atomic E-state index is 13.8. The van der Waals surface area contributed by atoms with Crippen molar-refractivity contribution in [2.24, 2.45) is 0 Å². The molecular formula is C37H45F4N11O. The van der Waals surface area contributed by atoms with Gasteiger partial charge in [-0.3, -0.25) is 0 Å². The maximum Gasteiger partial charge on any atom is 0.252 e. The van der Waals surface area contributed by atoms with E-state index in [1.165, 1.54) is 0 Å². The maximum absolute atomic E-state index is 13.8. The molecule has 53 heavy (non-hydrogen) atoms. The van der Waals surface area contributed by atoms with Crippen molar-refractivity contribution in [3.63, 3.8) is 0 Å². The smallest absolute Gasteiger partial charge is 0.252 e. The second kappa shape index (κ2) is 14.8. The van der Waals surface area contributed by atoms with Gasteiger partial charge in [0.1, 0.15) is 17.9 Å². The van der Waals surface area contributed by atoms with E-state index in [1.54, 1.807) is 15.6 Å². The van der Waals surface area contributed by atoms with Crippen molar-refractivity contribution >= 4 is 17.3 Å². The molecule has 0 atom stereocenters. The molecule has 2 aliphatic carbocycles. The van der Waals surface area contributed by atoms with Crippen molar-refractivity contribution in [2.75, 3.05) is 16.0 Å². The molecule has 3 N–H and O–H groups in total. The average Bonchev–Trinajstić information content (AvgIpc) is 3.82. The van der Waals surface area contributed by atoms with Crippen LogP contribution in [0.4, 0.5) is 34.9 Å². The number of pyridine rings is 1. The Morgan fingerprint density at radius 1 is 0.698 bits per heavy atom. The summed E-state index contributed by atoms with van der Waals surface area (Å²) in [7, 11) is 0. The highest BCUT2D eigenvalue weighted by atomic mass is 19.3. The molecule has 5 heterocycles. The van der Waals surface area contributed by atoms with Gasteiger partial charge in [-0.1, -0.05) is 0 Å². The first kappa shape index (κ1) is 36.3. The molecule has 12 nitrogen and oxygen atoms in total. The Kier molecular flexibility index (Phi) is 10.1. The zero-order chi connectivity index (χ0) is 37.3. The molecule has 0 amide bonds. The van der Waals surface area contributed by atoms with E-state index in [0.717, 1.165) is 39.9 Å². The van der Waals surface area contributed by atoms with Crippen LogP contribution in [0.3, 0.4) is 0 Å². The Bertz CT molecular complexity index is 2040. The fourth-order valence-corrected chi connectivity index (χ4v) is 7.05. The highest BCUT2D eigenvalue weighted by Crippen LogP contribution is 2.35. The highest BCUT2D eigenvalue weighted by molar-refractivity contribution is 5.57. The highest BCUT2D eigenvalue weighted by Gasteiger charge is 2.36. The second-order valence-electron chi connectivity index (χ2n) is 14.5.